The molecule has 1 aromatic heterocycles. The van der Waals surface area contributed by atoms with Crippen molar-refractivity contribution in [3.05, 3.63) is 30.1 Å². The Morgan fingerprint density at radius 3 is 2.55 bits per heavy atom. The van der Waals surface area contributed by atoms with E-state index >= 15 is 0 Å². The third kappa shape index (κ3) is 2.54. The minimum Gasteiger partial charge on any atom is -0.360 e. The number of anilines is 4. The van der Waals surface area contributed by atoms with Crippen molar-refractivity contribution in [3.63, 3.8) is 0 Å². The van der Waals surface area contributed by atoms with E-state index in [1.54, 1.807) is 12.1 Å². The molecule has 0 atom stereocenters. The van der Waals surface area contributed by atoms with E-state index in [4.69, 9.17) is 0 Å². The van der Waals surface area contributed by atoms with Crippen LogP contribution in [0.3, 0.4) is 0 Å². The average Bonchev–Trinajstić information content (AvgIpc) is 3.10. The summed E-state index contributed by atoms with van der Waals surface area (Å²) < 4.78 is 17.1. The van der Waals surface area contributed by atoms with Gasteiger partial charge in [-0.25, -0.2) is 9.87 Å². The van der Waals surface area contributed by atoms with E-state index in [0.29, 0.717) is 5.82 Å². The topological polar surface area (TPSA) is 60.4 Å². The molecule has 0 aliphatic carbocycles. The van der Waals surface area contributed by atoms with Crippen molar-refractivity contribution in [2.75, 3.05) is 28.8 Å². The first kappa shape index (κ1) is 13.1. The zero-order chi connectivity index (χ0) is 13.9. The van der Waals surface area contributed by atoms with Crippen LogP contribution in [0.1, 0.15) is 12.8 Å². The zero-order valence-electron chi connectivity index (χ0n) is 10.8. The van der Waals surface area contributed by atoms with Gasteiger partial charge in [0.05, 0.1) is 0 Å². The molecule has 3 rings (SSSR count). The Morgan fingerprint density at radius 2 is 1.90 bits per heavy atom. The minimum absolute atomic E-state index is 0.278. The molecule has 5 nitrogen and oxygen atoms in total. The second kappa shape index (κ2) is 5.64. The molecule has 2 aromatic rings. The summed E-state index contributed by atoms with van der Waals surface area (Å²) in [6.07, 6.45) is 2.32. The van der Waals surface area contributed by atoms with Crippen molar-refractivity contribution in [3.8, 4) is 0 Å². The van der Waals surface area contributed by atoms with Crippen LogP contribution < -0.4 is 15.7 Å². The number of rotatable bonds is 4. The maximum atomic E-state index is 12.9. The van der Waals surface area contributed by atoms with Crippen molar-refractivity contribution in [2.24, 2.45) is 0 Å². The molecular weight excluding hydrogens is 279 g/mol. The first-order chi connectivity index (χ1) is 9.78. The van der Waals surface area contributed by atoms with E-state index in [-0.39, 0.29) is 5.82 Å². The maximum Gasteiger partial charge on any atom is 0.189 e. The van der Waals surface area contributed by atoms with Crippen molar-refractivity contribution >= 4 is 33.7 Å². The predicted octanol–water partition coefficient (Wildman–Crippen LogP) is 3.43. The first-order valence-electron chi connectivity index (χ1n) is 6.45. The van der Waals surface area contributed by atoms with Gasteiger partial charge in [0.1, 0.15) is 16.5 Å². The van der Waals surface area contributed by atoms with Crippen LogP contribution in [0.2, 0.25) is 0 Å². The van der Waals surface area contributed by atoms with Crippen LogP contribution >= 0.6 is 11.5 Å². The molecule has 106 valence electrons. The normalized spacial score (nSPS) is 14.6. The highest BCUT2D eigenvalue weighted by molar-refractivity contribution is 7.11. The van der Waals surface area contributed by atoms with Gasteiger partial charge in [-0.3, -0.25) is 5.21 Å². The Balaban J connectivity index is 1.90. The summed E-state index contributed by atoms with van der Waals surface area (Å²) >= 11 is 1.34. The Bertz CT molecular complexity index is 581. The van der Waals surface area contributed by atoms with Gasteiger partial charge in [-0.15, -0.1) is 0 Å². The Morgan fingerprint density at radius 1 is 1.20 bits per heavy atom. The van der Waals surface area contributed by atoms with E-state index in [1.165, 1.54) is 23.7 Å². The van der Waals surface area contributed by atoms with Gasteiger partial charge in [0.25, 0.3) is 0 Å². The summed E-state index contributed by atoms with van der Waals surface area (Å²) in [6.45, 7) is 1.98. The maximum absolute atomic E-state index is 12.9. The lowest BCUT2D eigenvalue weighted by molar-refractivity contribution is 0.387. The average molecular weight is 294 g/mol. The largest absolute Gasteiger partial charge is 0.360 e. The van der Waals surface area contributed by atoms with Gasteiger partial charge in [-0.1, -0.05) is 0 Å². The molecule has 1 aliphatic rings. The summed E-state index contributed by atoms with van der Waals surface area (Å²) in [7, 11) is 0. The fraction of sp³-hybridized carbons (Fsp3) is 0.308. The van der Waals surface area contributed by atoms with Crippen LogP contribution in [0.25, 0.3) is 0 Å². The lowest BCUT2D eigenvalue weighted by atomic mass is 10.3. The fourth-order valence-electron chi connectivity index (χ4n) is 2.28. The molecule has 0 radical (unpaired) electrons. The molecule has 7 heteroatoms. The lowest BCUT2D eigenvalue weighted by Crippen LogP contribution is -2.17. The van der Waals surface area contributed by atoms with Gasteiger partial charge in [-0.2, -0.15) is 4.37 Å². The molecule has 0 saturated carbocycles. The van der Waals surface area contributed by atoms with Crippen LogP contribution in [0.15, 0.2) is 24.3 Å². The number of halogens is 1. The second-order valence-electron chi connectivity index (χ2n) is 4.65. The van der Waals surface area contributed by atoms with E-state index < -0.39 is 0 Å². The summed E-state index contributed by atoms with van der Waals surface area (Å²) in [5.74, 6) is 0.112. The van der Waals surface area contributed by atoms with Crippen molar-refractivity contribution < 1.29 is 9.60 Å². The van der Waals surface area contributed by atoms with Gasteiger partial charge >= 0.3 is 0 Å². The van der Waals surface area contributed by atoms with Gasteiger partial charge in [0.15, 0.2) is 5.82 Å². The van der Waals surface area contributed by atoms with E-state index in [0.717, 1.165) is 42.3 Å². The van der Waals surface area contributed by atoms with Gasteiger partial charge in [0, 0.05) is 18.8 Å². The van der Waals surface area contributed by atoms with Gasteiger partial charge < -0.3 is 10.2 Å². The van der Waals surface area contributed by atoms with Gasteiger partial charge in [-0.05, 0) is 48.6 Å². The monoisotopic (exact) mass is 294 g/mol. The first-order valence-corrected chi connectivity index (χ1v) is 7.22. The van der Waals surface area contributed by atoms with Crippen molar-refractivity contribution in [1.82, 2.24) is 4.37 Å². The molecule has 0 unspecified atom stereocenters. The highest BCUT2D eigenvalue weighted by Crippen LogP contribution is 2.40. The van der Waals surface area contributed by atoms with Crippen molar-refractivity contribution in [2.45, 2.75) is 12.8 Å². The number of nitrogens with one attached hydrogen (secondary N) is 2. The van der Waals surface area contributed by atoms with E-state index in [2.05, 4.69) is 20.1 Å². The summed E-state index contributed by atoms with van der Waals surface area (Å²) in [4.78, 5) is 2.24. The molecule has 0 amide bonds. The SMILES string of the molecule is ONc1nsc(N2CCCC2)c1Nc1ccc(F)cc1. The summed E-state index contributed by atoms with van der Waals surface area (Å²) in [5.41, 5.74) is 3.59. The van der Waals surface area contributed by atoms with E-state index in [9.17, 15) is 9.60 Å². The van der Waals surface area contributed by atoms with Crippen LogP contribution in [0, 0.1) is 5.82 Å². The molecule has 0 spiro atoms. The number of hydrogen-bond acceptors (Lipinski definition) is 6. The smallest absolute Gasteiger partial charge is 0.189 e. The fourth-order valence-corrected chi connectivity index (χ4v) is 3.13. The predicted molar refractivity (Wildman–Crippen MR) is 78.7 cm³/mol. The minimum atomic E-state index is -0.278. The van der Waals surface area contributed by atoms with Crippen LogP contribution in [0.5, 0.6) is 0 Å². The summed E-state index contributed by atoms with van der Waals surface area (Å²) in [5, 5.41) is 13.4. The highest BCUT2D eigenvalue weighted by Gasteiger charge is 2.21. The molecule has 0 bridgehead atoms. The molecule has 1 aliphatic heterocycles. The Labute approximate surface area is 120 Å². The van der Waals surface area contributed by atoms with Crippen molar-refractivity contribution in [1.29, 1.82) is 0 Å². The molecule has 2 heterocycles. The van der Waals surface area contributed by atoms with E-state index in [1.807, 2.05) is 0 Å². The number of hydrogen-bond donors (Lipinski definition) is 3. The second-order valence-corrected chi connectivity index (χ2v) is 5.40. The third-order valence-corrected chi connectivity index (χ3v) is 4.20. The summed E-state index contributed by atoms with van der Waals surface area (Å²) in [6, 6.07) is 6.09. The number of benzene rings is 1. The number of nitrogens with zero attached hydrogens (tertiary/aromatic N) is 2. The van der Waals surface area contributed by atoms with Gasteiger partial charge in [0.2, 0.25) is 0 Å². The molecule has 3 N–H and O–H groups in total. The van der Waals surface area contributed by atoms with Crippen LogP contribution in [-0.2, 0) is 0 Å². The molecule has 20 heavy (non-hydrogen) atoms. The van der Waals surface area contributed by atoms with Crippen LogP contribution in [-0.4, -0.2) is 22.7 Å². The number of aromatic nitrogens is 1. The van der Waals surface area contributed by atoms with Crippen LogP contribution in [0.4, 0.5) is 26.6 Å². The Kier molecular flexibility index (Phi) is 3.70. The molecule has 1 fully saturated rings. The standard InChI is InChI=1S/C13H15FN4OS/c14-9-3-5-10(6-4-9)15-11-12(16-19)17-20-13(11)18-7-1-2-8-18/h3-6,15,19H,1-2,7-8H2,(H,16,17). The highest BCUT2D eigenvalue weighted by atomic mass is 32.1. The third-order valence-electron chi connectivity index (χ3n) is 3.29. The lowest BCUT2D eigenvalue weighted by Gasteiger charge is -2.17. The quantitative estimate of drug-likeness (QED) is 0.754. The molecule has 1 aromatic carbocycles. The Hall–Kier alpha value is -1.86. The molecule has 1 saturated heterocycles. The molecular formula is C13H15FN4OS. The zero-order valence-corrected chi connectivity index (χ0v) is 11.6.